The Morgan fingerprint density at radius 1 is 0.947 bits per heavy atom. The smallest absolute Gasteiger partial charge is 0.241 e. The van der Waals surface area contributed by atoms with Crippen molar-refractivity contribution in [2.75, 3.05) is 35.2 Å². The zero-order valence-electron chi connectivity index (χ0n) is 22.6. The first kappa shape index (κ1) is 26.6. The lowest BCUT2D eigenvalue weighted by Gasteiger charge is -2.29. The van der Waals surface area contributed by atoms with E-state index in [0.29, 0.717) is 22.7 Å². The molecule has 9 nitrogen and oxygen atoms in total. The van der Waals surface area contributed by atoms with Crippen LogP contribution in [0.1, 0.15) is 57.9 Å². The van der Waals surface area contributed by atoms with Crippen LogP contribution >= 0.6 is 0 Å². The zero-order valence-corrected chi connectivity index (χ0v) is 23.4. The van der Waals surface area contributed by atoms with E-state index in [9.17, 15) is 8.42 Å². The van der Waals surface area contributed by atoms with Crippen LogP contribution in [0.15, 0.2) is 41.3 Å². The van der Waals surface area contributed by atoms with E-state index in [4.69, 9.17) is 4.98 Å². The number of hydrogen-bond acceptors (Lipinski definition) is 8. The maximum Gasteiger partial charge on any atom is 0.241 e. The van der Waals surface area contributed by atoms with Gasteiger partial charge in [-0.2, -0.15) is 15.0 Å². The minimum absolute atomic E-state index is 0.0598. The third-order valence-electron chi connectivity index (χ3n) is 7.49. The fourth-order valence-electron chi connectivity index (χ4n) is 5.53. The van der Waals surface area contributed by atoms with Crippen molar-refractivity contribution in [3.8, 4) is 0 Å². The minimum atomic E-state index is -3.62. The van der Waals surface area contributed by atoms with Gasteiger partial charge in [-0.1, -0.05) is 36.4 Å². The maximum absolute atomic E-state index is 13.4. The van der Waals surface area contributed by atoms with E-state index in [2.05, 4.69) is 44.1 Å². The van der Waals surface area contributed by atoms with Crippen molar-refractivity contribution in [2.24, 2.45) is 5.92 Å². The van der Waals surface area contributed by atoms with Crippen molar-refractivity contribution in [1.29, 1.82) is 0 Å². The molecule has 38 heavy (non-hydrogen) atoms. The van der Waals surface area contributed by atoms with E-state index in [1.54, 1.807) is 0 Å². The van der Waals surface area contributed by atoms with E-state index in [1.807, 2.05) is 43.3 Å². The van der Waals surface area contributed by atoms with E-state index in [-0.39, 0.29) is 12.1 Å². The molecule has 1 saturated heterocycles. The molecule has 3 N–H and O–H groups in total. The SMILES string of the molecule is Cc1ccc2ccccc2c1S(=O)(=O)NC1CCC(CNc2nc(NC(C)C)nc(N3CCCC3)n2)CC1. The summed E-state index contributed by atoms with van der Waals surface area (Å²) < 4.78 is 29.8. The number of hydrogen-bond donors (Lipinski definition) is 3. The largest absolute Gasteiger partial charge is 0.354 e. The van der Waals surface area contributed by atoms with Gasteiger partial charge in [-0.3, -0.25) is 0 Å². The molecule has 1 aliphatic carbocycles. The third-order valence-corrected chi connectivity index (χ3v) is 9.22. The van der Waals surface area contributed by atoms with Crippen LogP contribution in [0.5, 0.6) is 0 Å². The molecule has 5 rings (SSSR count). The van der Waals surface area contributed by atoms with Crippen LogP contribution in [-0.2, 0) is 10.0 Å². The van der Waals surface area contributed by atoms with E-state index in [1.165, 1.54) is 0 Å². The average Bonchev–Trinajstić information content (AvgIpc) is 3.43. The number of rotatable bonds is 9. The molecule has 1 aliphatic heterocycles. The highest BCUT2D eigenvalue weighted by Crippen LogP contribution is 2.30. The molecule has 3 aromatic rings. The molecular formula is C28H39N7O2S. The number of nitrogens with zero attached hydrogens (tertiary/aromatic N) is 4. The van der Waals surface area contributed by atoms with Crippen LogP contribution in [0.2, 0.25) is 0 Å². The first-order chi connectivity index (χ1) is 18.3. The number of aryl methyl sites for hydroxylation is 1. The van der Waals surface area contributed by atoms with Crippen molar-refractivity contribution in [3.63, 3.8) is 0 Å². The molecular weight excluding hydrogens is 498 g/mol. The van der Waals surface area contributed by atoms with Crippen molar-refractivity contribution < 1.29 is 8.42 Å². The van der Waals surface area contributed by atoms with Crippen LogP contribution in [0.25, 0.3) is 10.8 Å². The zero-order chi connectivity index (χ0) is 26.7. The molecule has 0 bridgehead atoms. The monoisotopic (exact) mass is 537 g/mol. The molecule has 0 radical (unpaired) electrons. The highest BCUT2D eigenvalue weighted by molar-refractivity contribution is 7.89. The second-order valence-electron chi connectivity index (χ2n) is 10.9. The predicted molar refractivity (Wildman–Crippen MR) is 153 cm³/mol. The fraction of sp³-hybridized carbons (Fsp3) is 0.536. The normalized spacial score (nSPS) is 20.3. The van der Waals surface area contributed by atoms with Crippen LogP contribution in [-0.4, -0.2) is 55.1 Å². The number of sulfonamides is 1. The maximum atomic E-state index is 13.4. The summed E-state index contributed by atoms with van der Waals surface area (Å²) in [6, 6.07) is 11.7. The summed E-state index contributed by atoms with van der Waals surface area (Å²) in [7, 11) is -3.62. The topological polar surface area (TPSA) is 112 Å². The summed E-state index contributed by atoms with van der Waals surface area (Å²) in [5.41, 5.74) is 0.770. The first-order valence-corrected chi connectivity index (χ1v) is 15.3. The van der Waals surface area contributed by atoms with Crippen LogP contribution in [0.3, 0.4) is 0 Å². The predicted octanol–water partition coefficient (Wildman–Crippen LogP) is 4.70. The Morgan fingerprint density at radius 2 is 1.66 bits per heavy atom. The van der Waals surface area contributed by atoms with Crippen molar-refractivity contribution >= 4 is 38.6 Å². The Hall–Kier alpha value is -2.98. The van der Waals surface area contributed by atoms with Gasteiger partial charge in [-0.05, 0) is 76.2 Å². The number of fused-ring (bicyclic) bond motifs is 1. The molecule has 2 fully saturated rings. The van der Waals surface area contributed by atoms with Gasteiger partial charge < -0.3 is 15.5 Å². The molecule has 204 valence electrons. The Labute approximate surface area is 225 Å². The molecule has 2 heterocycles. The van der Waals surface area contributed by atoms with Gasteiger partial charge in [0.2, 0.25) is 27.9 Å². The summed E-state index contributed by atoms with van der Waals surface area (Å²) in [5, 5.41) is 8.46. The summed E-state index contributed by atoms with van der Waals surface area (Å²) in [5.74, 6) is 2.36. The quantitative estimate of drug-likeness (QED) is 0.360. The lowest BCUT2D eigenvalue weighted by molar-refractivity contribution is 0.323. The molecule has 0 unspecified atom stereocenters. The summed E-state index contributed by atoms with van der Waals surface area (Å²) in [6.07, 6.45) is 5.83. The number of aromatic nitrogens is 3. The molecule has 0 amide bonds. The Bertz CT molecular complexity index is 1360. The van der Waals surface area contributed by atoms with Crippen LogP contribution < -0.4 is 20.3 Å². The third kappa shape index (κ3) is 6.18. The summed E-state index contributed by atoms with van der Waals surface area (Å²) in [6.45, 7) is 8.71. The van der Waals surface area contributed by atoms with Gasteiger partial charge in [-0.25, -0.2) is 13.1 Å². The lowest BCUT2D eigenvalue weighted by Crippen LogP contribution is -2.38. The van der Waals surface area contributed by atoms with Crippen molar-refractivity contribution in [2.45, 2.75) is 76.3 Å². The Balaban J connectivity index is 1.20. The molecule has 10 heteroatoms. The van der Waals surface area contributed by atoms with Crippen LogP contribution in [0.4, 0.5) is 17.8 Å². The van der Waals surface area contributed by atoms with Crippen LogP contribution in [0, 0.1) is 12.8 Å². The molecule has 2 aromatic carbocycles. The molecule has 1 aromatic heterocycles. The Morgan fingerprint density at radius 3 is 2.39 bits per heavy atom. The fourth-order valence-corrected chi connectivity index (χ4v) is 7.29. The van der Waals surface area contributed by atoms with Gasteiger partial charge in [0.25, 0.3) is 0 Å². The van der Waals surface area contributed by atoms with E-state index < -0.39 is 10.0 Å². The molecule has 1 saturated carbocycles. The van der Waals surface area contributed by atoms with Gasteiger partial charge in [0.1, 0.15) is 0 Å². The van der Waals surface area contributed by atoms with Crippen molar-refractivity contribution in [1.82, 2.24) is 19.7 Å². The Kier molecular flexibility index (Phi) is 7.99. The second kappa shape index (κ2) is 11.4. The molecule has 2 aliphatic rings. The second-order valence-corrected chi connectivity index (χ2v) is 12.6. The minimum Gasteiger partial charge on any atom is -0.354 e. The van der Waals surface area contributed by atoms with Gasteiger partial charge in [0.05, 0.1) is 4.90 Å². The first-order valence-electron chi connectivity index (χ1n) is 13.8. The summed E-state index contributed by atoms with van der Waals surface area (Å²) in [4.78, 5) is 16.5. The standard InChI is InChI=1S/C28H39N7O2S/c1-19(2)30-27-31-26(32-28(33-27)35-16-6-7-17-35)29-18-21-11-14-23(15-12-21)34-38(36,37)25-20(3)10-13-22-8-4-5-9-24(22)25/h4-5,8-10,13,19,21,23,34H,6-7,11-12,14-18H2,1-3H3,(H2,29,30,31,32,33). The number of anilines is 3. The number of benzene rings is 2. The number of nitrogens with one attached hydrogen (secondary N) is 3. The van der Waals surface area contributed by atoms with E-state index in [0.717, 1.165) is 80.4 Å². The summed E-state index contributed by atoms with van der Waals surface area (Å²) >= 11 is 0. The lowest BCUT2D eigenvalue weighted by atomic mass is 9.86. The van der Waals surface area contributed by atoms with Gasteiger partial charge in [0.15, 0.2) is 0 Å². The van der Waals surface area contributed by atoms with Gasteiger partial charge >= 0.3 is 0 Å². The van der Waals surface area contributed by atoms with Gasteiger partial charge in [0, 0.05) is 37.1 Å². The van der Waals surface area contributed by atoms with Gasteiger partial charge in [-0.15, -0.1) is 0 Å². The average molecular weight is 538 g/mol. The highest BCUT2D eigenvalue weighted by Gasteiger charge is 2.28. The van der Waals surface area contributed by atoms with E-state index >= 15 is 0 Å². The molecule has 0 atom stereocenters. The molecule has 0 spiro atoms. The van der Waals surface area contributed by atoms with Crippen molar-refractivity contribution in [3.05, 3.63) is 42.0 Å². The highest BCUT2D eigenvalue weighted by atomic mass is 32.2.